The number of halogens is 1. The van der Waals surface area contributed by atoms with Crippen LogP contribution in [0.3, 0.4) is 0 Å². The second-order valence-electron chi connectivity index (χ2n) is 6.13. The fourth-order valence-electron chi connectivity index (χ4n) is 3.27. The summed E-state index contributed by atoms with van der Waals surface area (Å²) in [5.74, 6) is 0.0219. The van der Waals surface area contributed by atoms with Crippen molar-refractivity contribution in [1.29, 1.82) is 0 Å². The second kappa shape index (κ2) is 7.20. The zero-order valence-electron chi connectivity index (χ0n) is 12.8. The highest BCUT2D eigenvalue weighted by Crippen LogP contribution is 2.21. The number of morpholine rings is 1. The quantitative estimate of drug-likeness (QED) is 0.856. The first-order valence-electron chi connectivity index (χ1n) is 8.08. The summed E-state index contributed by atoms with van der Waals surface area (Å²) in [4.78, 5) is 16.6. The van der Waals surface area contributed by atoms with Gasteiger partial charge < -0.3 is 9.64 Å². The SMILES string of the molecule is O=C(c1ccccc1F)N1CCC(CN2CCOCC2)CC1. The molecule has 120 valence electrons. The van der Waals surface area contributed by atoms with Crippen LogP contribution in [0.2, 0.25) is 0 Å². The van der Waals surface area contributed by atoms with E-state index in [-0.39, 0.29) is 11.5 Å². The molecule has 0 aliphatic carbocycles. The summed E-state index contributed by atoms with van der Waals surface area (Å²) in [7, 11) is 0. The molecule has 0 unspecified atom stereocenters. The number of benzene rings is 1. The summed E-state index contributed by atoms with van der Waals surface area (Å²) in [6.45, 7) is 6.20. The maximum atomic E-state index is 13.7. The molecule has 2 aliphatic rings. The molecular weight excluding hydrogens is 283 g/mol. The molecular formula is C17H23FN2O2. The van der Waals surface area contributed by atoms with E-state index in [1.165, 1.54) is 6.07 Å². The number of amides is 1. The Bertz CT molecular complexity index is 509. The zero-order chi connectivity index (χ0) is 15.4. The van der Waals surface area contributed by atoms with Crippen LogP contribution in [0.25, 0.3) is 0 Å². The van der Waals surface area contributed by atoms with Gasteiger partial charge in [-0.3, -0.25) is 9.69 Å². The molecule has 0 spiro atoms. The highest BCUT2D eigenvalue weighted by atomic mass is 19.1. The summed E-state index contributed by atoms with van der Waals surface area (Å²) < 4.78 is 19.1. The van der Waals surface area contributed by atoms with Gasteiger partial charge in [0.05, 0.1) is 18.8 Å². The second-order valence-corrected chi connectivity index (χ2v) is 6.13. The fraction of sp³-hybridized carbons (Fsp3) is 0.588. The zero-order valence-corrected chi connectivity index (χ0v) is 12.8. The van der Waals surface area contributed by atoms with Gasteiger partial charge in [0.1, 0.15) is 5.82 Å². The summed E-state index contributed by atoms with van der Waals surface area (Å²) in [5, 5.41) is 0. The first-order chi connectivity index (χ1) is 10.7. The minimum atomic E-state index is -0.428. The number of carbonyl (C=O) groups excluding carboxylic acids is 1. The third-order valence-electron chi connectivity index (χ3n) is 4.63. The standard InChI is InChI=1S/C17H23FN2O2/c18-16-4-2-1-3-15(16)17(21)20-7-5-14(6-8-20)13-19-9-11-22-12-10-19/h1-4,14H,5-13H2. The number of likely N-dealkylation sites (tertiary alicyclic amines) is 1. The molecule has 2 heterocycles. The van der Waals surface area contributed by atoms with Gasteiger partial charge in [-0.2, -0.15) is 0 Å². The van der Waals surface area contributed by atoms with E-state index in [4.69, 9.17) is 4.74 Å². The lowest BCUT2D eigenvalue weighted by molar-refractivity contribution is 0.0242. The minimum absolute atomic E-state index is 0.178. The van der Waals surface area contributed by atoms with Gasteiger partial charge in [0, 0.05) is 32.7 Å². The third-order valence-corrected chi connectivity index (χ3v) is 4.63. The van der Waals surface area contributed by atoms with Crippen molar-refractivity contribution in [2.75, 3.05) is 45.9 Å². The van der Waals surface area contributed by atoms with E-state index in [1.807, 2.05) is 0 Å². The number of rotatable bonds is 3. The van der Waals surface area contributed by atoms with Crippen LogP contribution in [0.1, 0.15) is 23.2 Å². The topological polar surface area (TPSA) is 32.8 Å². The monoisotopic (exact) mass is 306 g/mol. The van der Waals surface area contributed by atoms with Crippen molar-refractivity contribution in [3.63, 3.8) is 0 Å². The summed E-state index contributed by atoms with van der Waals surface area (Å²) in [6.07, 6.45) is 2.00. The summed E-state index contributed by atoms with van der Waals surface area (Å²) >= 11 is 0. The van der Waals surface area contributed by atoms with Gasteiger partial charge in [-0.15, -0.1) is 0 Å². The number of ether oxygens (including phenoxy) is 1. The average molecular weight is 306 g/mol. The lowest BCUT2D eigenvalue weighted by Crippen LogP contribution is -2.44. The van der Waals surface area contributed by atoms with Crippen molar-refractivity contribution in [3.05, 3.63) is 35.6 Å². The van der Waals surface area contributed by atoms with Gasteiger partial charge in [-0.05, 0) is 30.9 Å². The van der Waals surface area contributed by atoms with Gasteiger partial charge >= 0.3 is 0 Å². The highest BCUT2D eigenvalue weighted by molar-refractivity contribution is 5.94. The minimum Gasteiger partial charge on any atom is -0.379 e. The predicted octanol–water partition coefficient (Wildman–Crippen LogP) is 2.01. The van der Waals surface area contributed by atoms with E-state index >= 15 is 0 Å². The van der Waals surface area contributed by atoms with E-state index in [0.29, 0.717) is 5.92 Å². The Hall–Kier alpha value is -1.46. The van der Waals surface area contributed by atoms with Crippen LogP contribution in [0.4, 0.5) is 4.39 Å². The Balaban J connectivity index is 1.51. The molecule has 22 heavy (non-hydrogen) atoms. The van der Waals surface area contributed by atoms with Crippen LogP contribution in [-0.4, -0.2) is 61.6 Å². The molecule has 2 aliphatic heterocycles. The van der Waals surface area contributed by atoms with Crippen LogP contribution >= 0.6 is 0 Å². The Morgan fingerprint density at radius 3 is 2.50 bits per heavy atom. The van der Waals surface area contributed by atoms with Crippen LogP contribution in [0.5, 0.6) is 0 Å². The van der Waals surface area contributed by atoms with E-state index in [9.17, 15) is 9.18 Å². The Morgan fingerprint density at radius 2 is 1.82 bits per heavy atom. The Labute approximate surface area is 130 Å². The van der Waals surface area contributed by atoms with Crippen molar-refractivity contribution >= 4 is 5.91 Å². The molecule has 3 rings (SSSR count). The molecule has 4 nitrogen and oxygen atoms in total. The molecule has 0 radical (unpaired) electrons. The number of carbonyl (C=O) groups is 1. The summed E-state index contributed by atoms with van der Waals surface area (Å²) in [5.41, 5.74) is 0.189. The molecule has 0 N–H and O–H groups in total. The third kappa shape index (κ3) is 3.65. The Morgan fingerprint density at radius 1 is 1.14 bits per heavy atom. The largest absolute Gasteiger partial charge is 0.379 e. The van der Waals surface area contributed by atoms with Crippen LogP contribution in [0.15, 0.2) is 24.3 Å². The smallest absolute Gasteiger partial charge is 0.256 e. The average Bonchev–Trinajstić information content (AvgIpc) is 2.56. The van der Waals surface area contributed by atoms with Gasteiger partial charge in [0.25, 0.3) is 5.91 Å². The van der Waals surface area contributed by atoms with Gasteiger partial charge in [-0.1, -0.05) is 12.1 Å². The first-order valence-corrected chi connectivity index (χ1v) is 8.08. The molecule has 1 amide bonds. The molecule has 0 bridgehead atoms. The van der Waals surface area contributed by atoms with E-state index < -0.39 is 5.82 Å². The van der Waals surface area contributed by atoms with Crippen LogP contribution in [-0.2, 0) is 4.74 Å². The van der Waals surface area contributed by atoms with E-state index in [0.717, 1.165) is 58.8 Å². The highest BCUT2D eigenvalue weighted by Gasteiger charge is 2.26. The summed E-state index contributed by atoms with van der Waals surface area (Å²) in [6, 6.07) is 6.23. The molecule has 2 saturated heterocycles. The Kier molecular flexibility index (Phi) is 5.05. The van der Waals surface area contributed by atoms with Gasteiger partial charge in [0.15, 0.2) is 0 Å². The van der Waals surface area contributed by atoms with Gasteiger partial charge in [-0.25, -0.2) is 4.39 Å². The fourth-order valence-corrected chi connectivity index (χ4v) is 3.27. The molecule has 1 aromatic carbocycles. The van der Waals surface area contributed by atoms with Crippen molar-refractivity contribution in [3.8, 4) is 0 Å². The maximum absolute atomic E-state index is 13.7. The van der Waals surface area contributed by atoms with Crippen molar-refractivity contribution in [2.24, 2.45) is 5.92 Å². The predicted molar refractivity (Wildman–Crippen MR) is 82.3 cm³/mol. The van der Waals surface area contributed by atoms with E-state index in [2.05, 4.69) is 4.90 Å². The lowest BCUT2D eigenvalue weighted by atomic mass is 9.95. The van der Waals surface area contributed by atoms with E-state index in [1.54, 1.807) is 23.1 Å². The van der Waals surface area contributed by atoms with Gasteiger partial charge in [0.2, 0.25) is 0 Å². The lowest BCUT2D eigenvalue weighted by Gasteiger charge is -2.36. The molecule has 1 aromatic rings. The molecule has 0 saturated carbocycles. The van der Waals surface area contributed by atoms with Crippen molar-refractivity contribution in [1.82, 2.24) is 9.80 Å². The van der Waals surface area contributed by atoms with Crippen LogP contribution in [0, 0.1) is 11.7 Å². The maximum Gasteiger partial charge on any atom is 0.256 e. The molecule has 0 atom stereocenters. The van der Waals surface area contributed by atoms with Crippen molar-refractivity contribution < 1.29 is 13.9 Å². The molecule has 5 heteroatoms. The number of nitrogens with zero attached hydrogens (tertiary/aromatic N) is 2. The van der Waals surface area contributed by atoms with Crippen LogP contribution < -0.4 is 0 Å². The van der Waals surface area contributed by atoms with Crippen molar-refractivity contribution in [2.45, 2.75) is 12.8 Å². The first kappa shape index (κ1) is 15.4. The molecule has 0 aromatic heterocycles. The number of piperidine rings is 1. The number of hydrogen-bond donors (Lipinski definition) is 0. The molecule has 2 fully saturated rings. The number of hydrogen-bond acceptors (Lipinski definition) is 3. The normalized spacial score (nSPS) is 21.0.